The number of hydrogen-bond acceptors (Lipinski definition) is 3. The lowest BCUT2D eigenvalue weighted by molar-refractivity contribution is 0.379. The molecular weight excluding hydrogens is 260 g/mol. The molecule has 2 aromatic rings. The molecule has 0 aliphatic carbocycles. The second kappa shape index (κ2) is 7.14. The summed E-state index contributed by atoms with van der Waals surface area (Å²) in [5.74, 6) is 0.303. The molecule has 0 bridgehead atoms. The van der Waals surface area contributed by atoms with Crippen LogP contribution in [0.1, 0.15) is 18.0 Å². The molecule has 0 spiro atoms. The van der Waals surface area contributed by atoms with Gasteiger partial charge in [0.15, 0.2) is 0 Å². The molecule has 3 nitrogen and oxygen atoms in total. The maximum atomic E-state index is 9.45. The van der Waals surface area contributed by atoms with Crippen molar-refractivity contribution in [1.82, 2.24) is 4.90 Å². The van der Waals surface area contributed by atoms with Crippen molar-refractivity contribution in [2.24, 2.45) is 0 Å². The van der Waals surface area contributed by atoms with Crippen molar-refractivity contribution >= 4 is 5.69 Å². The first-order valence-corrected chi connectivity index (χ1v) is 7.29. The minimum atomic E-state index is 0.303. The predicted molar refractivity (Wildman–Crippen MR) is 88.9 cm³/mol. The number of benzene rings is 2. The Bertz CT molecular complexity index is 537. The van der Waals surface area contributed by atoms with Gasteiger partial charge in [-0.25, -0.2) is 0 Å². The van der Waals surface area contributed by atoms with E-state index in [0.29, 0.717) is 11.8 Å². The van der Waals surface area contributed by atoms with Crippen LogP contribution in [0.15, 0.2) is 54.6 Å². The van der Waals surface area contributed by atoms with Gasteiger partial charge >= 0.3 is 0 Å². The molecule has 0 saturated carbocycles. The molecule has 21 heavy (non-hydrogen) atoms. The molecule has 0 heterocycles. The minimum absolute atomic E-state index is 0.303. The van der Waals surface area contributed by atoms with Gasteiger partial charge in [0.25, 0.3) is 0 Å². The molecule has 3 heteroatoms. The van der Waals surface area contributed by atoms with Crippen LogP contribution in [0.2, 0.25) is 0 Å². The third-order valence-electron chi connectivity index (χ3n) is 3.76. The highest BCUT2D eigenvalue weighted by molar-refractivity contribution is 5.50. The first-order valence-electron chi connectivity index (χ1n) is 7.29. The maximum absolute atomic E-state index is 9.45. The average Bonchev–Trinajstić information content (AvgIpc) is 2.49. The summed E-state index contributed by atoms with van der Waals surface area (Å²) in [6, 6.07) is 18.3. The Labute approximate surface area is 127 Å². The second-order valence-electron chi connectivity index (χ2n) is 5.65. The van der Waals surface area contributed by atoms with Gasteiger partial charge < -0.3 is 14.9 Å². The van der Waals surface area contributed by atoms with Crippen LogP contribution >= 0.6 is 0 Å². The molecule has 112 valence electrons. The predicted octanol–water partition coefficient (Wildman–Crippen LogP) is 3.52. The van der Waals surface area contributed by atoms with Crippen molar-refractivity contribution in [2.45, 2.75) is 12.5 Å². The Morgan fingerprint density at radius 3 is 2.10 bits per heavy atom. The van der Waals surface area contributed by atoms with Crippen molar-refractivity contribution in [2.75, 3.05) is 32.6 Å². The van der Waals surface area contributed by atoms with E-state index in [-0.39, 0.29) is 0 Å². The molecule has 0 aromatic heterocycles. The minimum Gasteiger partial charge on any atom is -0.508 e. The second-order valence-corrected chi connectivity index (χ2v) is 5.65. The van der Waals surface area contributed by atoms with E-state index in [0.717, 1.165) is 18.7 Å². The van der Waals surface area contributed by atoms with Crippen LogP contribution in [0.4, 0.5) is 5.69 Å². The number of anilines is 1. The van der Waals surface area contributed by atoms with Gasteiger partial charge in [0, 0.05) is 12.7 Å². The van der Waals surface area contributed by atoms with Crippen molar-refractivity contribution < 1.29 is 5.11 Å². The summed E-state index contributed by atoms with van der Waals surface area (Å²) in [5, 5.41) is 9.45. The molecule has 0 aliphatic heterocycles. The van der Waals surface area contributed by atoms with Crippen molar-refractivity contribution in [1.29, 1.82) is 0 Å². The smallest absolute Gasteiger partial charge is 0.115 e. The SMILES string of the molecule is CN(C)CCC(c1ccccc1)N(C)c1ccc(O)cc1. The lowest BCUT2D eigenvalue weighted by Crippen LogP contribution is -2.27. The summed E-state index contributed by atoms with van der Waals surface area (Å²) < 4.78 is 0. The van der Waals surface area contributed by atoms with Gasteiger partial charge in [0.05, 0.1) is 6.04 Å². The molecule has 2 aromatic carbocycles. The summed E-state index contributed by atoms with van der Waals surface area (Å²) in [4.78, 5) is 4.48. The standard InChI is InChI=1S/C18H24N2O/c1-19(2)14-13-18(15-7-5-4-6-8-15)20(3)16-9-11-17(21)12-10-16/h4-12,18,21H,13-14H2,1-3H3. The molecule has 0 aliphatic rings. The van der Waals surface area contributed by atoms with Crippen molar-refractivity contribution in [3.63, 3.8) is 0 Å². The Kier molecular flexibility index (Phi) is 5.23. The maximum Gasteiger partial charge on any atom is 0.115 e. The van der Waals surface area contributed by atoms with E-state index in [1.54, 1.807) is 12.1 Å². The van der Waals surface area contributed by atoms with Gasteiger partial charge in [-0.2, -0.15) is 0 Å². The molecule has 1 unspecified atom stereocenters. The number of phenolic OH excluding ortho intramolecular Hbond substituents is 1. The molecule has 0 fully saturated rings. The topological polar surface area (TPSA) is 26.7 Å². The van der Waals surface area contributed by atoms with Gasteiger partial charge in [-0.15, -0.1) is 0 Å². The largest absolute Gasteiger partial charge is 0.508 e. The number of aromatic hydroxyl groups is 1. The van der Waals surface area contributed by atoms with Crippen molar-refractivity contribution in [3.8, 4) is 5.75 Å². The van der Waals surface area contributed by atoms with Crippen LogP contribution in [0, 0.1) is 0 Å². The van der Waals surface area contributed by atoms with Gasteiger partial charge in [-0.1, -0.05) is 30.3 Å². The van der Waals surface area contributed by atoms with E-state index in [1.165, 1.54) is 5.56 Å². The fraction of sp³-hybridized carbons (Fsp3) is 0.333. The normalized spacial score (nSPS) is 12.4. The Morgan fingerprint density at radius 2 is 1.52 bits per heavy atom. The highest BCUT2D eigenvalue weighted by Gasteiger charge is 2.17. The molecule has 2 rings (SSSR count). The summed E-state index contributed by atoms with van der Waals surface area (Å²) in [6.07, 6.45) is 1.05. The average molecular weight is 284 g/mol. The van der Waals surface area contributed by atoms with Crippen LogP contribution in [0.5, 0.6) is 5.75 Å². The van der Waals surface area contributed by atoms with E-state index >= 15 is 0 Å². The number of nitrogens with zero attached hydrogens (tertiary/aromatic N) is 2. The monoisotopic (exact) mass is 284 g/mol. The van der Waals surface area contributed by atoms with Crippen LogP contribution < -0.4 is 4.90 Å². The first-order chi connectivity index (χ1) is 10.1. The molecule has 0 radical (unpaired) electrons. The number of phenols is 1. The Morgan fingerprint density at radius 1 is 0.905 bits per heavy atom. The van der Waals surface area contributed by atoms with Gasteiger partial charge in [-0.3, -0.25) is 0 Å². The quantitative estimate of drug-likeness (QED) is 0.879. The highest BCUT2D eigenvalue weighted by atomic mass is 16.3. The van der Waals surface area contributed by atoms with E-state index in [1.807, 2.05) is 18.2 Å². The number of hydrogen-bond donors (Lipinski definition) is 1. The molecule has 0 saturated heterocycles. The zero-order chi connectivity index (χ0) is 15.2. The van der Waals surface area contributed by atoms with Gasteiger partial charge in [-0.05, 0) is 56.9 Å². The zero-order valence-corrected chi connectivity index (χ0v) is 13.0. The van der Waals surface area contributed by atoms with Gasteiger partial charge in [0.2, 0.25) is 0 Å². The molecule has 1 atom stereocenters. The fourth-order valence-corrected chi connectivity index (χ4v) is 2.51. The molecular formula is C18H24N2O. The van der Waals surface area contributed by atoms with E-state index in [4.69, 9.17) is 0 Å². The molecule has 1 N–H and O–H groups in total. The zero-order valence-electron chi connectivity index (χ0n) is 13.0. The van der Waals surface area contributed by atoms with Crippen LogP contribution in [-0.2, 0) is 0 Å². The van der Waals surface area contributed by atoms with E-state index < -0.39 is 0 Å². The Balaban J connectivity index is 2.23. The summed E-state index contributed by atoms with van der Waals surface area (Å²) in [6.45, 7) is 1.03. The summed E-state index contributed by atoms with van der Waals surface area (Å²) >= 11 is 0. The summed E-state index contributed by atoms with van der Waals surface area (Å²) in [5.41, 5.74) is 2.43. The first kappa shape index (κ1) is 15.4. The summed E-state index contributed by atoms with van der Waals surface area (Å²) in [7, 11) is 6.31. The van der Waals surface area contributed by atoms with Crippen LogP contribution in [-0.4, -0.2) is 37.7 Å². The highest BCUT2D eigenvalue weighted by Crippen LogP contribution is 2.29. The van der Waals surface area contributed by atoms with E-state index in [2.05, 4.69) is 55.2 Å². The third-order valence-corrected chi connectivity index (χ3v) is 3.76. The van der Waals surface area contributed by atoms with E-state index in [9.17, 15) is 5.11 Å². The van der Waals surface area contributed by atoms with Crippen LogP contribution in [0.3, 0.4) is 0 Å². The van der Waals surface area contributed by atoms with Crippen molar-refractivity contribution in [3.05, 3.63) is 60.2 Å². The third kappa shape index (κ3) is 4.23. The molecule has 0 amide bonds. The van der Waals surface area contributed by atoms with Gasteiger partial charge in [0.1, 0.15) is 5.75 Å². The lowest BCUT2D eigenvalue weighted by Gasteiger charge is -2.31. The number of rotatable bonds is 6. The Hall–Kier alpha value is -2.00. The lowest BCUT2D eigenvalue weighted by atomic mass is 10.0. The van der Waals surface area contributed by atoms with Crippen LogP contribution in [0.25, 0.3) is 0 Å². The fourth-order valence-electron chi connectivity index (χ4n) is 2.51.